The van der Waals surface area contributed by atoms with Gasteiger partial charge in [-0.15, -0.1) is 0 Å². The Balaban J connectivity index is 1.45. The minimum Gasteiger partial charge on any atom is -0.360 e. The monoisotopic (exact) mass is 541 g/mol. The van der Waals surface area contributed by atoms with Crippen LogP contribution in [-0.2, 0) is 25.8 Å². The lowest BCUT2D eigenvalue weighted by Gasteiger charge is -2.26. The molecule has 4 heterocycles. The molecule has 2 N–H and O–H groups in total. The quantitative estimate of drug-likeness (QED) is 0.238. The minimum absolute atomic E-state index is 0.336. The average molecular weight is 542 g/mol. The zero-order valence-electron chi connectivity index (χ0n) is 22.2. The number of aromatic amines is 2. The molecular formula is C31H31ClFN6+. The highest BCUT2D eigenvalue weighted by Gasteiger charge is 2.37. The fourth-order valence-electron chi connectivity index (χ4n) is 6.06. The summed E-state index contributed by atoms with van der Waals surface area (Å²) in [4.78, 5) is 14.9. The molecule has 1 fully saturated rings. The Morgan fingerprint density at radius 2 is 1.85 bits per heavy atom. The molecule has 0 spiro atoms. The van der Waals surface area contributed by atoms with Gasteiger partial charge in [-0.1, -0.05) is 48.3 Å². The van der Waals surface area contributed by atoms with Gasteiger partial charge in [0.25, 0.3) is 5.69 Å². The van der Waals surface area contributed by atoms with Crippen LogP contribution >= 0.6 is 11.6 Å². The van der Waals surface area contributed by atoms with Gasteiger partial charge in [0.15, 0.2) is 0 Å². The van der Waals surface area contributed by atoms with Gasteiger partial charge in [0.1, 0.15) is 5.82 Å². The van der Waals surface area contributed by atoms with E-state index in [-0.39, 0.29) is 5.82 Å². The van der Waals surface area contributed by atoms with Crippen molar-refractivity contribution in [3.63, 3.8) is 0 Å². The molecular weight excluding hydrogens is 511 g/mol. The number of aromatic nitrogens is 5. The molecule has 198 valence electrons. The van der Waals surface area contributed by atoms with Crippen molar-refractivity contribution in [1.82, 2.24) is 20.1 Å². The molecule has 0 unspecified atom stereocenters. The van der Waals surface area contributed by atoms with E-state index in [2.05, 4.69) is 51.7 Å². The molecule has 1 aliphatic carbocycles. The number of nitrogens with zero attached hydrogens (tertiary/aromatic N) is 4. The Hall–Kier alpha value is -3.71. The van der Waals surface area contributed by atoms with E-state index in [9.17, 15) is 0 Å². The van der Waals surface area contributed by atoms with Gasteiger partial charge < -0.3 is 9.88 Å². The van der Waals surface area contributed by atoms with Crippen LogP contribution in [0.25, 0.3) is 27.8 Å². The number of hydrogen-bond acceptors (Lipinski definition) is 3. The van der Waals surface area contributed by atoms with Crippen LogP contribution in [0.3, 0.4) is 0 Å². The van der Waals surface area contributed by atoms with Crippen molar-refractivity contribution in [2.75, 3.05) is 11.4 Å². The van der Waals surface area contributed by atoms with Gasteiger partial charge >= 0.3 is 0 Å². The summed E-state index contributed by atoms with van der Waals surface area (Å²) in [6.45, 7) is 5.70. The third-order valence-corrected chi connectivity index (χ3v) is 8.56. The van der Waals surface area contributed by atoms with Crippen molar-refractivity contribution in [1.29, 1.82) is 0 Å². The summed E-state index contributed by atoms with van der Waals surface area (Å²) < 4.78 is 18.2. The highest BCUT2D eigenvalue weighted by molar-refractivity contribution is 6.35. The van der Waals surface area contributed by atoms with Crippen molar-refractivity contribution < 1.29 is 9.07 Å². The smallest absolute Gasteiger partial charge is 0.253 e. The lowest BCUT2D eigenvalue weighted by atomic mass is 9.97. The first kappa shape index (κ1) is 24.3. The molecule has 2 aromatic carbocycles. The SMILES string of the molecule is CCc1cccc(CC)c1-[n+]1[nH]c2c(c1-c1c(F)cc(Cl)c3[nH]ccc13)CN(c1ncc(C3CC3)cn1)CC2. The highest BCUT2D eigenvalue weighted by atomic mass is 35.5. The molecule has 6 nitrogen and oxygen atoms in total. The van der Waals surface area contributed by atoms with E-state index < -0.39 is 0 Å². The van der Waals surface area contributed by atoms with Crippen molar-refractivity contribution in [2.45, 2.75) is 58.4 Å². The van der Waals surface area contributed by atoms with E-state index in [1.54, 1.807) is 0 Å². The van der Waals surface area contributed by atoms with Crippen LogP contribution in [0, 0.1) is 5.82 Å². The standard InChI is InChI=1S/C31H30ClFN6/c1-3-18-6-5-7-19(4-2)29(18)39-30(27-22-10-12-34-28(22)24(32)14-25(27)33)23-17-38(13-11-26(23)37-39)31-35-15-21(16-36-31)20-8-9-20/h5-7,10,12,14-16,20H,3-4,8-9,11,13,17H2,1-2H3,(H,34,37)/p+1. The summed E-state index contributed by atoms with van der Waals surface area (Å²) in [5.41, 5.74) is 9.05. The number of aryl methyl sites for hydroxylation is 2. The first-order valence-electron chi connectivity index (χ1n) is 13.9. The second-order valence-corrected chi connectivity index (χ2v) is 11.0. The number of H-pyrrole nitrogens is 2. The van der Waals surface area contributed by atoms with Crippen molar-refractivity contribution in [2.24, 2.45) is 0 Å². The minimum atomic E-state index is -0.336. The van der Waals surface area contributed by atoms with E-state index in [0.29, 0.717) is 23.0 Å². The Kier molecular flexibility index (Phi) is 5.92. The Labute approximate surface area is 231 Å². The first-order valence-corrected chi connectivity index (χ1v) is 14.2. The first-order chi connectivity index (χ1) is 19.1. The van der Waals surface area contributed by atoms with Crippen LogP contribution < -0.4 is 9.58 Å². The molecule has 0 atom stereocenters. The maximum atomic E-state index is 16.0. The molecule has 3 aromatic heterocycles. The van der Waals surface area contributed by atoms with Gasteiger partial charge in [-0.25, -0.2) is 14.4 Å². The number of benzene rings is 2. The molecule has 1 aliphatic heterocycles. The van der Waals surface area contributed by atoms with Crippen LogP contribution in [0.4, 0.5) is 10.3 Å². The lowest BCUT2D eigenvalue weighted by Crippen LogP contribution is -2.38. The number of rotatable bonds is 6. The van der Waals surface area contributed by atoms with Crippen molar-refractivity contribution in [3.8, 4) is 16.9 Å². The number of halogens is 2. The molecule has 2 aliphatic rings. The lowest BCUT2D eigenvalue weighted by molar-refractivity contribution is -0.646. The van der Waals surface area contributed by atoms with Crippen molar-refractivity contribution in [3.05, 3.63) is 87.7 Å². The summed E-state index contributed by atoms with van der Waals surface area (Å²) in [5, 5.41) is 4.85. The molecule has 7 rings (SSSR count). The molecule has 0 bridgehead atoms. The number of hydrogen-bond donors (Lipinski definition) is 2. The largest absolute Gasteiger partial charge is 0.360 e. The van der Waals surface area contributed by atoms with Crippen LogP contribution in [0.2, 0.25) is 5.02 Å². The van der Waals surface area contributed by atoms with Crippen LogP contribution in [0.15, 0.2) is 48.9 Å². The van der Waals surface area contributed by atoms with E-state index in [4.69, 9.17) is 21.6 Å². The Morgan fingerprint density at radius 1 is 1.10 bits per heavy atom. The summed E-state index contributed by atoms with van der Waals surface area (Å²) in [7, 11) is 0. The fraction of sp³-hybridized carbons (Fsp3) is 0.323. The van der Waals surface area contributed by atoms with E-state index >= 15 is 4.39 Å². The number of para-hydroxylation sites is 1. The predicted molar refractivity (Wildman–Crippen MR) is 152 cm³/mol. The molecule has 0 saturated heterocycles. The third-order valence-electron chi connectivity index (χ3n) is 8.26. The van der Waals surface area contributed by atoms with Crippen LogP contribution in [0.1, 0.15) is 60.6 Å². The van der Waals surface area contributed by atoms with Gasteiger partial charge in [-0.3, -0.25) is 0 Å². The Bertz CT molecular complexity index is 1680. The van der Waals surface area contributed by atoms with Crippen LogP contribution in [-0.4, -0.2) is 26.6 Å². The molecule has 0 amide bonds. The molecule has 1 saturated carbocycles. The normalized spacial score (nSPS) is 15.2. The second kappa shape index (κ2) is 9.49. The predicted octanol–water partition coefficient (Wildman–Crippen LogP) is 6.59. The number of nitrogens with one attached hydrogen (secondary N) is 2. The molecule has 0 radical (unpaired) electrons. The van der Waals surface area contributed by atoms with Crippen LogP contribution in [0.5, 0.6) is 0 Å². The second-order valence-electron chi connectivity index (χ2n) is 10.6. The summed E-state index contributed by atoms with van der Waals surface area (Å²) in [6, 6.07) is 9.78. The van der Waals surface area contributed by atoms with Gasteiger partial charge in [-0.05, 0) is 49.3 Å². The summed E-state index contributed by atoms with van der Waals surface area (Å²) in [5.74, 6) is 0.998. The summed E-state index contributed by atoms with van der Waals surface area (Å²) >= 11 is 6.46. The van der Waals surface area contributed by atoms with Gasteiger partial charge in [0.05, 0.1) is 33.9 Å². The van der Waals surface area contributed by atoms with Gasteiger partial charge in [-0.2, -0.15) is 5.10 Å². The van der Waals surface area contributed by atoms with E-state index in [1.807, 2.05) is 24.7 Å². The van der Waals surface area contributed by atoms with Gasteiger partial charge in [0.2, 0.25) is 11.6 Å². The average Bonchev–Trinajstić information content (AvgIpc) is 3.58. The van der Waals surface area contributed by atoms with Crippen molar-refractivity contribution >= 4 is 28.5 Å². The number of anilines is 1. The van der Waals surface area contributed by atoms with E-state index in [0.717, 1.165) is 65.3 Å². The van der Waals surface area contributed by atoms with Gasteiger partial charge in [0, 0.05) is 48.1 Å². The molecule has 5 aromatic rings. The zero-order valence-corrected chi connectivity index (χ0v) is 22.9. The number of fused-ring (bicyclic) bond motifs is 2. The summed E-state index contributed by atoms with van der Waals surface area (Å²) in [6.07, 6.45) is 10.7. The molecule has 8 heteroatoms. The molecule has 39 heavy (non-hydrogen) atoms. The Morgan fingerprint density at radius 3 is 2.54 bits per heavy atom. The fourth-order valence-corrected chi connectivity index (χ4v) is 6.31. The zero-order chi connectivity index (χ0) is 26.7. The maximum Gasteiger partial charge on any atom is 0.253 e. The maximum absolute atomic E-state index is 16.0. The van der Waals surface area contributed by atoms with E-state index in [1.165, 1.54) is 35.6 Å². The highest BCUT2D eigenvalue weighted by Crippen LogP contribution is 2.40. The third kappa shape index (κ3) is 4.02. The topological polar surface area (TPSA) is 64.5 Å².